The lowest BCUT2D eigenvalue weighted by atomic mass is 9.35. The SMILES string of the molecule is [2H]c1c([2H])c([2H])c(-c2c([2H])c([2H])c3oc4c(c3c2[2H])N(c2c([2H])c([2H])c3sc5c([2H])c([2H])c([2H])c([2H])c5c3c2[2H])c2c([2H])c(C#N)c([2H])c3c2B4c2c([2H])c([2H])c([2H])c4c2N3c2c([2H])c(C(C)(C)C)c([2H])c3c5c([2H])c(C(C)(C)C)c([2H])c([2H])c5n-4c23)c([2H])c1[2H]. The molecule has 0 bridgehead atoms. The average Bonchev–Trinajstić information content (AvgIpc) is 1.65. The summed E-state index contributed by atoms with van der Waals surface area (Å²) in [4.78, 5) is 2.27. The second-order valence-corrected chi connectivity index (χ2v) is 19.5. The van der Waals surface area contributed by atoms with Gasteiger partial charge in [-0.05, 0) is 123 Å². The van der Waals surface area contributed by atoms with Gasteiger partial charge in [-0.15, -0.1) is 11.3 Å². The van der Waals surface area contributed by atoms with E-state index in [-0.39, 0.29) is 93.2 Å². The molecule has 11 aromatic rings. The molecule has 0 aliphatic carbocycles. The second-order valence-electron chi connectivity index (χ2n) is 18.4. The third kappa shape index (κ3) is 5.00. The van der Waals surface area contributed by atoms with Crippen molar-refractivity contribution in [3.05, 3.63) is 168 Å². The average molecular weight is 892 g/mol. The van der Waals surface area contributed by atoms with Crippen LogP contribution in [0.2, 0.25) is 0 Å². The summed E-state index contributed by atoms with van der Waals surface area (Å²) in [5.74, 6) is 0. The molecule has 0 fully saturated rings. The van der Waals surface area contributed by atoms with Crippen molar-refractivity contribution in [2.75, 3.05) is 9.80 Å². The van der Waals surface area contributed by atoms with Gasteiger partial charge in [-0.1, -0.05) is 114 Å². The number of nitrogens with zero attached hydrogens (tertiary/aromatic N) is 4. The Bertz CT molecular complexity index is 5470. The van der Waals surface area contributed by atoms with Crippen LogP contribution in [0.5, 0.6) is 0 Å². The predicted molar refractivity (Wildman–Crippen MR) is 279 cm³/mol. The van der Waals surface area contributed by atoms with Crippen LogP contribution in [-0.2, 0) is 10.8 Å². The fourth-order valence-corrected chi connectivity index (χ4v) is 10.3. The lowest BCUT2D eigenvalue weighted by Crippen LogP contribution is -2.61. The number of hydrogen-bond donors (Lipinski definition) is 0. The van der Waals surface area contributed by atoms with Gasteiger partial charge in [0.25, 0.3) is 6.71 Å². The zero-order valence-corrected chi connectivity index (χ0v) is 36.5. The van der Waals surface area contributed by atoms with E-state index in [9.17, 15) is 28.6 Å². The van der Waals surface area contributed by atoms with Crippen molar-refractivity contribution in [2.45, 2.75) is 52.4 Å². The van der Waals surface area contributed by atoms with Gasteiger partial charge in [0.2, 0.25) is 0 Å². The summed E-state index contributed by atoms with van der Waals surface area (Å²) in [5, 5.41) is 10.3. The number of para-hydroxylation sites is 1. The quantitative estimate of drug-likeness (QED) is 0.162. The molecular formula is C59H43BN4OS. The van der Waals surface area contributed by atoms with Crippen LogP contribution in [0.4, 0.5) is 34.1 Å². The summed E-state index contributed by atoms with van der Waals surface area (Å²) >= 11 is 0.696. The first-order chi connectivity index (χ1) is 42.4. The molecule has 7 heteroatoms. The minimum absolute atomic E-state index is 0.0358. The Kier molecular flexibility index (Phi) is 4.04. The molecular weight excluding hydrogens is 824 g/mol. The lowest BCUT2D eigenvalue weighted by molar-refractivity contribution is 0.590. The van der Waals surface area contributed by atoms with Gasteiger partial charge in [-0.2, -0.15) is 5.26 Å². The number of anilines is 6. The number of benzene rings is 8. The van der Waals surface area contributed by atoms with Crippen molar-refractivity contribution in [1.29, 1.82) is 5.26 Å². The van der Waals surface area contributed by atoms with E-state index >= 15 is 0 Å². The molecule has 14 rings (SSSR count). The van der Waals surface area contributed by atoms with Crippen LogP contribution in [0, 0.1) is 11.3 Å². The molecule has 0 amide bonds. The Balaban J connectivity index is 1.28. The molecule has 314 valence electrons. The zero-order valence-electron chi connectivity index (χ0n) is 60.7. The molecule has 0 unspecified atom stereocenters. The highest BCUT2D eigenvalue weighted by atomic mass is 32.1. The monoisotopic (exact) mass is 891 g/mol. The molecule has 3 aliphatic heterocycles. The number of aromatic nitrogens is 1. The first-order valence-corrected chi connectivity index (χ1v) is 21.7. The fourth-order valence-electron chi connectivity index (χ4n) is 9.42. The number of hydrogen-bond acceptors (Lipinski definition) is 5. The highest BCUT2D eigenvalue weighted by Gasteiger charge is 2.49. The summed E-state index contributed by atoms with van der Waals surface area (Å²) in [6.07, 6.45) is 0. The van der Waals surface area contributed by atoms with Crippen LogP contribution in [0.15, 0.2) is 155 Å². The first kappa shape index (κ1) is 20.8. The molecule has 3 aliphatic rings. The second kappa shape index (κ2) is 12.8. The maximum Gasteiger partial charge on any atom is 0.297 e. The summed E-state index contributed by atoms with van der Waals surface area (Å²) in [5.41, 5.74) is -9.21. The minimum Gasteiger partial charge on any atom is -0.468 e. The normalized spacial score (nSPS) is 19.1. The van der Waals surface area contributed by atoms with Gasteiger partial charge in [0.1, 0.15) is 5.58 Å². The molecule has 6 heterocycles. The Labute approximate surface area is 422 Å². The molecule has 0 N–H and O–H groups in total. The van der Waals surface area contributed by atoms with E-state index < -0.39 is 213 Å². The van der Waals surface area contributed by atoms with Crippen LogP contribution < -0.4 is 26.4 Å². The summed E-state index contributed by atoms with van der Waals surface area (Å²) < 4.78 is 247. The smallest absolute Gasteiger partial charge is 0.297 e. The highest BCUT2D eigenvalue weighted by molar-refractivity contribution is 7.25. The maximum atomic E-state index is 11.5. The molecule has 0 radical (unpaired) electrons. The Morgan fingerprint density at radius 2 is 1.33 bits per heavy atom. The molecule has 0 saturated carbocycles. The van der Waals surface area contributed by atoms with E-state index in [2.05, 4.69) is 0 Å². The lowest BCUT2D eigenvalue weighted by Gasteiger charge is -2.45. The van der Waals surface area contributed by atoms with Gasteiger partial charge < -0.3 is 18.8 Å². The van der Waals surface area contributed by atoms with Gasteiger partial charge in [0.05, 0.1) is 85.3 Å². The Morgan fingerprint density at radius 1 is 0.576 bits per heavy atom. The summed E-state index contributed by atoms with van der Waals surface area (Å²) in [6.45, 7) is 8.57. The predicted octanol–water partition coefficient (Wildman–Crippen LogP) is 14.4. The van der Waals surface area contributed by atoms with Crippen LogP contribution in [0.1, 0.15) is 92.5 Å². The Morgan fingerprint density at radius 3 is 2.14 bits per heavy atom. The van der Waals surface area contributed by atoms with Crippen LogP contribution >= 0.6 is 11.3 Å². The van der Waals surface area contributed by atoms with E-state index in [1.54, 1.807) is 41.5 Å². The van der Waals surface area contributed by atoms with Crippen molar-refractivity contribution in [1.82, 2.24) is 4.57 Å². The number of thiophene rings is 1. The molecule has 0 spiro atoms. The van der Waals surface area contributed by atoms with Crippen molar-refractivity contribution in [3.63, 3.8) is 0 Å². The third-order valence-electron chi connectivity index (χ3n) is 12.4. The van der Waals surface area contributed by atoms with Crippen molar-refractivity contribution >= 4 is 122 Å². The first-order valence-electron chi connectivity index (χ1n) is 33.4. The van der Waals surface area contributed by atoms with Gasteiger partial charge in [0.15, 0.2) is 0 Å². The maximum absolute atomic E-state index is 11.5. The summed E-state index contributed by atoms with van der Waals surface area (Å²) in [7, 11) is 0. The zero-order chi connectivity index (χ0) is 66.3. The number of furan rings is 1. The van der Waals surface area contributed by atoms with Crippen molar-refractivity contribution in [2.24, 2.45) is 0 Å². The van der Waals surface area contributed by atoms with E-state index in [0.29, 0.717) is 11.3 Å². The molecule has 5 nitrogen and oxygen atoms in total. The largest absolute Gasteiger partial charge is 0.468 e. The number of fused-ring (bicyclic) bond motifs is 14. The van der Waals surface area contributed by atoms with E-state index in [1.165, 1.54) is 9.47 Å². The van der Waals surface area contributed by atoms with Gasteiger partial charge >= 0.3 is 0 Å². The molecule has 3 aromatic heterocycles. The number of rotatable bonds is 2. The highest BCUT2D eigenvalue weighted by Crippen LogP contribution is 2.55. The minimum atomic E-state index is -1.85. The van der Waals surface area contributed by atoms with E-state index in [0.717, 1.165) is 4.90 Å². The van der Waals surface area contributed by atoms with Gasteiger partial charge in [-0.25, -0.2) is 0 Å². The molecule has 8 aromatic carbocycles. The fraction of sp³-hybridized carbons (Fsp3) is 0.136. The third-order valence-corrected chi connectivity index (χ3v) is 13.4. The summed E-state index contributed by atoms with van der Waals surface area (Å²) in [6, 6.07) is -15.6. The van der Waals surface area contributed by atoms with Gasteiger partial charge in [-0.3, -0.25) is 0 Å². The molecule has 0 saturated heterocycles. The van der Waals surface area contributed by atoms with E-state index in [4.69, 9.17) is 15.4 Å². The van der Waals surface area contributed by atoms with Gasteiger partial charge in [0, 0.05) is 53.4 Å². The van der Waals surface area contributed by atoms with Crippen molar-refractivity contribution < 1.29 is 38.7 Å². The van der Waals surface area contributed by atoms with Crippen molar-refractivity contribution in [3.8, 4) is 22.9 Å². The molecule has 66 heavy (non-hydrogen) atoms. The number of nitriles is 1. The standard InChI is InChI=1S/C59H43BN4OS/c1-58(2,3)36-20-22-45-40(28-36)42-29-37(59(4,5)6)30-49-54(42)63(45)46-17-12-16-44-56(46)64(49)48-26-33(32-61)25-47-53(48)60(44)57-55(43-27-35(19-23-50(43)65-57)34-13-8-7-9-14-34)62(47)38-21-24-52-41(31-38)39-15-10-11-18-51(39)66-52/h7-31H,1-6H3/i7D,8D,9D,10D,11D,12D,13D,14D,15D,16D,17D,18D,19D,20D,21D,22D,23D,24D,25D,26D,27D,28D,29D,30D,31D. The van der Waals surface area contributed by atoms with Crippen LogP contribution in [-0.4, -0.2) is 11.3 Å². The topological polar surface area (TPSA) is 48.3 Å². The van der Waals surface area contributed by atoms with E-state index in [1.807, 2.05) is 6.07 Å². The molecule has 0 atom stereocenters. The van der Waals surface area contributed by atoms with Crippen LogP contribution in [0.3, 0.4) is 0 Å². The Hall–Kier alpha value is -7.53. The van der Waals surface area contributed by atoms with Crippen LogP contribution in [0.25, 0.3) is 69.8 Å².